The fourth-order valence-electron chi connectivity index (χ4n) is 4.37. The van der Waals surface area contributed by atoms with Gasteiger partial charge in [-0.25, -0.2) is 4.68 Å². The van der Waals surface area contributed by atoms with E-state index in [4.69, 9.17) is 9.84 Å². The molecule has 4 aromatic rings. The molecule has 4 nitrogen and oxygen atoms in total. The van der Waals surface area contributed by atoms with Crippen molar-refractivity contribution in [3.8, 4) is 16.9 Å². The second kappa shape index (κ2) is 8.68. The van der Waals surface area contributed by atoms with Crippen LogP contribution in [0.4, 0.5) is 5.82 Å². The maximum Gasteiger partial charge on any atom is 0.135 e. The van der Waals surface area contributed by atoms with E-state index < -0.39 is 0 Å². The molecule has 1 aromatic heterocycles. The van der Waals surface area contributed by atoms with Crippen LogP contribution in [-0.4, -0.2) is 16.3 Å². The van der Waals surface area contributed by atoms with Gasteiger partial charge in [-0.2, -0.15) is 5.10 Å². The highest BCUT2D eigenvalue weighted by Crippen LogP contribution is 2.41. The van der Waals surface area contributed by atoms with Crippen LogP contribution in [0.5, 0.6) is 5.75 Å². The number of hydrogen-bond acceptors (Lipinski definition) is 3. The predicted octanol–water partition coefficient (Wildman–Crippen LogP) is 5.85. The summed E-state index contributed by atoms with van der Waals surface area (Å²) in [5, 5.41) is 4.90. The quantitative estimate of drug-likeness (QED) is 0.400. The van der Waals surface area contributed by atoms with Gasteiger partial charge in [-0.05, 0) is 30.5 Å². The molecule has 0 bridgehead atoms. The Morgan fingerprint density at radius 3 is 2.26 bits per heavy atom. The molecule has 156 valence electrons. The van der Waals surface area contributed by atoms with E-state index in [0.717, 1.165) is 48.6 Å². The zero-order valence-corrected chi connectivity index (χ0v) is 17.9. The van der Waals surface area contributed by atoms with E-state index in [1.165, 1.54) is 16.9 Å². The van der Waals surface area contributed by atoms with E-state index in [0.29, 0.717) is 6.61 Å². The molecule has 2 heterocycles. The number of rotatable bonds is 6. The van der Waals surface area contributed by atoms with Crippen molar-refractivity contribution in [1.82, 2.24) is 9.78 Å². The Balaban J connectivity index is 1.51. The molecule has 0 aliphatic carbocycles. The van der Waals surface area contributed by atoms with E-state index in [-0.39, 0.29) is 0 Å². The molecule has 3 aromatic carbocycles. The highest BCUT2D eigenvalue weighted by atomic mass is 16.5. The summed E-state index contributed by atoms with van der Waals surface area (Å²) in [6.07, 6.45) is 1.10. The van der Waals surface area contributed by atoms with E-state index in [1.54, 1.807) is 0 Å². The number of aromatic nitrogens is 2. The Bertz CT molecular complexity index is 1150. The summed E-state index contributed by atoms with van der Waals surface area (Å²) in [6, 6.07) is 29.3. The Labute approximate surface area is 183 Å². The number of fused-ring (bicyclic) bond motifs is 1. The number of benzene rings is 3. The van der Waals surface area contributed by atoms with Crippen molar-refractivity contribution in [1.29, 1.82) is 0 Å². The molecule has 0 radical (unpaired) electrons. The maximum absolute atomic E-state index is 6.29. The summed E-state index contributed by atoms with van der Waals surface area (Å²) < 4.78 is 8.46. The van der Waals surface area contributed by atoms with Gasteiger partial charge in [0.1, 0.15) is 18.2 Å². The van der Waals surface area contributed by atoms with Crippen LogP contribution in [0.3, 0.4) is 0 Å². The van der Waals surface area contributed by atoms with Crippen molar-refractivity contribution >= 4 is 5.82 Å². The molecule has 4 heteroatoms. The molecule has 1 aliphatic rings. The Morgan fingerprint density at radius 1 is 0.806 bits per heavy atom. The van der Waals surface area contributed by atoms with Crippen LogP contribution in [0.2, 0.25) is 0 Å². The second-order valence-corrected chi connectivity index (χ2v) is 8.04. The van der Waals surface area contributed by atoms with Crippen LogP contribution in [0.1, 0.15) is 23.2 Å². The molecule has 0 N–H and O–H groups in total. The van der Waals surface area contributed by atoms with E-state index >= 15 is 0 Å². The van der Waals surface area contributed by atoms with Gasteiger partial charge in [0.05, 0.1) is 11.3 Å². The summed E-state index contributed by atoms with van der Waals surface area (Å²) >= 11 is 0. The van der Waals surface area contributed by atoms with Gasteiger partial charge in [-0.1, -0.05) is 78.9 Å². The third-order valence-corrected chi connectivity index (χ3v) is 5.81. The van der Waals surface area contributed by atoms with Crippen LogP contribution >= 0.6 is 0 Å². The van der Waals surface area contributed by atoms with Gasteiger partial charge in [-0.3, -0.25) is 0 Å². The van der Waals surface area contributed by atoms with Crippen LogP contribution in [0.25, 0.3) is 11.1 Å². The van der Waals surface area contributed by atoms with E-state index in [9.17, 15) is 0 Å². The summed E-state index contributed by atoms with van der Waals surface area (Å²) in [5.74, 6) is 2.10. The SMILES string of the molecule is Cc1nn2c(c1-c1ccccc1OCc1ccccc1)N(Cc1ccccc1)CCC2. The van der Waals surface area contributed by atoms with E-state index in [2.05, 4.69) is 77.2 Å². The Hall–Kier alpha value is -3.53. The minimum absolute atomic E-state index is 0.550. The lowest BCUT2D eigenvalue weighted by molar-refractivity contribution is 0.307. The molecule has 0 unspecified atom stereocenters. The number of ether oxygens (including phenoxy) is 1. The summed E-state index contributed by atoms with van der Waals surface area (Å²) in [6.45, 7) is 5.52. The van der Waals surface area contributed by atoms with Crippen LogP contribution in [0, 0.1) is 6.92 Å². The molecular formula is C27H27N3O. The van der Waals surface area contributed by atoms with Gasteiger partial charge >= 0.3 is 0 Å². The normalized spacial score (nSPS) is 13.1. The first kappa shape index (κ1) is 19.4. The minimum Gasteiger partial charge on any atom is -0.488 e. The minimum atomic E-state index is 0.550. The predicted molar refractivity (Wildman–Crippen MR) is 125 cm³/mol. The van der Waals surface area contributed by atoms with Crippen molar-refractivity contribution in [2.45, 2.75) is 33.0 Å². The van der Waals surface area contributed by atoms with Crippen molar-refractivity contribution < 1.29 is 4.74 Å². The van der Waals surface area contributed by atoms with Crippen LogP contribution in [-0.2, 0) is 19.7 Å². The largest absolute Gasteiger partial charge is 0.488 e. The smallest absolute Gasteiger partial charge is 0.135 e. The average molecular weight is 410 g/mol. The van der Waals surface area contributed by atoms with E-state index in [1.807, 2.05) is 24.3 Å². The van der Waals surface area contributed by atoms with Gasteiger partial charge in [0.2, 0.25) is 0 Å². The molecule has 0 spiro atoms. The third-order valence-electron chi connectivity index (χ3n) is 5.81. The van der Waals surface area contributed by atoms with Gasteiger partial charge in [0.15, 0.2) is 0 Å². The fraction of sp³-hybridized carbons (Fsp3) is 0.222. The van der Waals surface area contributed by atoms with Crippen LogP contribution in [0.15, 0.2) is 84.9 Å². The molecule has 0 atom stereocenters. The standard InChI is InChI=1S/C27H27N3O/c1-21-26(24-15-8-9-16-25(24)31-20-23-13-6-3-7-14-23)27-29(17-10-18-30(27)28-21)19-22-11-4-2-5-12-22/h2-9,11-16H,10,17-20H2,1H3. The van der Waals surface area contributed by atoms with Crippen molar-refractivity contribution in [2.24, 2.45) is 0 Å². The Morgan fingerprint density at radius 2 is 1.48 bits per heavy atom. The highest BCUT2D eigenvalue weighted by molar-refractivity contribution is 5.82. The fourth-order valence-corrected chi connectivity index (χ4v) is 4.37. The monoisotopic (exact) mass is 409 g/mol. The highest BCUT2D eigenvalue weighted by Gasteiger charge is 2.27. The zero-order valence-electron chi connectivity index (χ0n) is 17.9. The summed E-state index contributed by atoms with van der Waals surface area (Å²) in [4.78, 5) is 2.46. The first-order valence-corrected chi connectivity index (χ1v) is 10.9. The third kappa shape index (κ3) is 4.06. The number of hydrogen-bond donors (Lipinski definition) is 0. The lowest BCUT2D eigenvalue weighted by Crippen LogP contribution is -2.32. The van der Waals surface area contributed by atoms with Gasteiger partial charge in [0, 0.05) is 25.2 Å². The number of anilines is 1. The van der Waals surface area contributed by atoms with Gasteiger partial charge in [0.25, 0.3) is 0 Å². The number of aryl methyl sites for hydroxylation is 2. The number of para-hydroxylation sites is 1. The molecular weight excluding hydrogens is 382 g/mol. The maximum atomic E-state index is 6.29. The average Bonchev–Trinajstić information content (AvgIpc) is 3.16. The molecule has 0 saturated heterocycles. The summed E-state index contributed by atoms with van der Waals surface area (Å²) in [7, 11) is 0. The number of nitrogens with zero attached hydrogens (tertiary/aromatic N) is 3. The lowest BCUT2D eigenvalue weighted by atomic mass is 10.0. The van der Waals surface area contributed by atoms with Crippen molar-refractivity contribution in [3.63, 3.8) is 0 Å². The van der Waals surface area contributed by atoms with Crippen LogP contribution < -0.4 is 9.64 Å². The lowest BCUT2D eigenvalue weighted by Gasteiger charge is -2.31. The molecule has 0 saturated carbocycles. The van der Waals surface area contributed by atoms with Crippen molar-refractivity contribution in [3.05, 3.63) is 102 Å². The molecule has 31 heavy (non-hydrogen) atoms. The summed E-state index contributed by atoms with van der Waals surface area (Å²) in [5.41, 5.74) is 5.81. The molecule has 1 aliphatic heterocycles. The molecule has 0 fully saturated rings. The first-order valence-electron chi connectivity index (χ1n) is 10.9. The molecule has 5 rings (SSSR count). The topological polar surface area (TPSA) is 30.3 Å². The second-order valence-electron chi connectivity index (χ2n) is 8.04. The van der Waals surface area contributed by atoms with Crippen molar-refractivity contribution in [2.75, 3.05) is 11.4 Å². The first-order chi connectivity index (χ1) is 15.3. The Kier molecular flexibility index (Phi) is 5.44. The van der Waals surface area contributed by atoms with Gasteiger partial charge in [-0.15, -0.1) is 0 Å². The molecule has 0 amide bonds. The zero-order chi connectivity index (χ0) is 21.0. The van der Waals surface area contributed by atoms with Gasteiger partial charge < -0.3 is 9.64 Å².